The van der Waals surface area contributed by atoms with E-state index in [0.717, 1.165) is 5.56 Å². The van der Waals surface area contributed by atoms with Crippen molar-refractivity contribution < 1.29 is 4.79 Å². The summed E-state index contributed by atoms with van der Waals surface area (Å²) in [6.07, 6.45) is 3.12. The Labute approximate surface area is 203 Å². The van der Waals surface area contributed by atoms with E-state index in [9.17, 15) is 14.9 Å². The van der Waals surface area contributed by atoms with Gasteiger partial charge < -0.3 is 5.32 Å². The third-order valence-corrected chi connectivity index (χ3v) is 6.41. The summed E-state index contributed by atoms with van der Waals surface area (Å²) in [7, 11) is 0. The van der Waals surface area contributed by atoms with Crippen molar-refractivity contribution in [1.82, 2.24) is 4.57 Å². The molecule has 0 radical (unpaired) electrons. The van der Waals surface area contributed by atoms with E-state index < -0.39 is 5.91 Å². The summed E-state index contributed by atoms with van der Waals surface area (Å²) in [4.78, 5) is 26.0. The van der Waals surface area contributed by atoms with Gasteiger partial charge in [0.15, 0.2) is 0 Å². The van der Waals surface area contributed by atoms with Crippen LogP contribution in [0.25, 0.3) is 17.8 Å². The van der Waals surface area contributed by atoms with E-state index in [1.807, 2.05) is 54.6 Å². The average molecular weight is 492 g/mol. The highest BCUT2D eigenvalue weighted by molar-refractivity contribution is 7.07. The Morgan fingerprint density at radius 1 is 1.00 bits per heavy atom. The molecule has 1 heterocycles. The zero-order chi connectivity index (χ0) is 23.4. The van der Waals surface area contributed by atoms with Crippen LogP contribution in [0.15, 0.2) is 77.6 Å². The lowest BCUT2D eigenvalue weighted by Crippen LogP contribution is -2.30. The minimum absolute atomic E-state index is 0.0523. The summed E-state index contributed by atoms with van der Waals surface area (Å²) in [6.45, 7) is 0. The fourth-order valence-corrected chi connectivity index (χ4v) is 4.70. The summed E-state index contributed by atoms with van der Waals surface area (Å²) in [5, 5.41) is 12.1. The number of carbonyl (C=O) groups excluding carboxylic acids is 1. The summed E-state index contributed by atoms with van der Waals surface area (Å²) in [5.41, 5.74) is 1.62. The number of benzene rings is 3. The summed E-state index contributed by atoms with van der Waals surface area (Å²) in [6, 6.07) is 23.5. The highest BCUT2D eigenvalue weighted by Crippen LogP contribution is 2.31. The molecule has 0 aliphatic carbocycles. The van der Waals surface area contributed by atoms with E-state index >= 15 is 0 Å². The zero-order valence-electron chi connectivity index (χ0n) is 17.0. The fourth-order valence-electron chi connectivity index (χ4n) is 3.15. The van der Waals surface area contributed by atoms with Gasteiger partial charge in [0.2, 0.25) is 0 Å². The second-order valence-corrected chi connectivity index (χ2v) is 8.71. The molecule has 3 aromatic carbocycles. The molecule has 0 saturated carbocycles. The van der Waals surface area contributed by atoms with Crippen LogP contribution in [0.5, 0.6) is 0 Å². The van der Waals surface area contributed by atoms with Gasteiger partial charge in [0.25, 0.3) is 11.5 Å². The van der Waals surface area contributed by atoms with Gasteiger partial charge in [-0.15, -0.1) is 11.3 Å². The van der Waals surface area contributed by atoms with E-state index in [2.05, 4.69) is 5.32 Å². The number of aromatic nitrogens is 1. The smallest absolute Gasteiger partial charge is 0.273 e. The molecule has 1 amide bonds. The maximum atomic E-state index is 13.2. The van der Waals surface area contributed by atoms with Gasteiger partial charge in [-0.25, -0.2) is 0 Å². The van der Waals surface area contributed by atoms with Gasteiger partial charge in [0.05, 0.1) is 31.5 Å². The number of amides is 1. The van der Waals surface area contributed by atoms with E-state index in [1.54, 1.807) is 18.2 Å². The molecule has 8 heteroatoms. The molecule has 0 saturated heterocycles. The van der Waals surface area contributed by atoms with Gasteiger partial charge in [-0.1, -0.05) is 71.7 Å². The van der Waals surface area contributed by atoms with E-state index in [-0.39, 0.29) is 26.9 Å². The molecule has 162 valence electrons. The number of thiazole rings is 1. The summed E-state index contributed by atoms with van der Waals surface area (Å²) in [5.74, 6) is -0.500. The van der Waals surface area contributed by atoms with Crippen molar-refractivity contribution in [2.24, 2.45) is 0 Å². The second kappa shape index (κ2) is 9.88. The van der Waals surface area contributed by atoms with Gasteiger partial charge in [-0.3, -0.25) is 14.2 Å². The van der Waals surface area contributed by atoms with Crippen molar-refractivity contribution in [1.29, 1.82) is 5.26 Å². The van der Waals surface area contributed by atoms with Crippen molar-refractivity contribution in [3.8, 4) is 11.8 Å². The van der Waals surface area contributed by atoms with Crippen LogP contribution in [0.3, 0.4) is 0 Å². The maximum Gasteiger partial charge on any atom is 0.273 e. The van der Waals surface area contributed by atoms with Crippen LogP contribution in [-0.2, 0) is 4.79 Å². The van der Waals surface area contributed by atoms with Crippen LogP contribution in [0, 0.1) is 11.3 Å². The largest absolute Gasteiger partial charge is 0.321 e. The highest BCUT2D eigenvalue weighted by atomic mass is 35.5. The fraction of sp³-hybridized carbons (Fsp3) is 0. The van der Waals surface area contributed by atoms with Crippen LogP contribution in [0.1, 0.15) is 11.1 Å². The van der Waals surface area contributed by atoms with Crippen molar-refractivity contribution in [2.45, 2.75) is 0 Å². The van der Waals surface area contributed by atoms with Gasteiger partial charge in [0, 0.05) is 6.08 Å². The van der Waals surface area contributed by atoms with Crippen LogP contribution >= 0.6 is 34.5 Å². The van der Waals surface area contributed by atoms with E-state index in [1.165, 1.54) is 34.1 Å². The number of nitrogens with one attached hydrogen (secondary N) is 1. The predicted molar refractivity (Wildman–Crippen MR) is 133 cm³/mol. The van der Waals surface area contributed by atoms with E-state index in [0.29, 0.717) is 14.9 Å². The molecule has 0 spiro atoms. The van der Waals surface area contributed by atoms with Crippen molar-refractivity contribution in [2.75, 3.05) is 5.32 Å². The molecule has 4 aromatic rings. The molecular formula is C25H15Cl2N3O2S. The first-order chi connectivity index (χ1) is 16.0. The van der Waals surface area contributed by atoms with Crippen LogP contribution in [-0.4, -0.2) is 10.5 Å². The van der Waals surface area contributed by atoms with Crippen molar-refractivity contribution >= 4 is 58.3 Å². The zero-order valence-corrected chi connectivity index (χ0v) is 19.3. The normalized spacial score (nSPS) is 11.9. The number of anilines is 1. The Morgan fingerprint density at radius 3 is 2.33 bits per heavy atom. The molecule has 5 nitrogen and oxygen atoms in total. The number of hydrogen-bond donors (Lipinski definition) is 1. The number of carbonyl (C=O) groups is 1. The van der Waals surface area contributed by atoms with Gasteiger partial charge in [-0.05, 0) is 35.9 Å². The molecule has 0 bridgehead atoms. The number of halogens is 2. The lowest BCUT2D eigenvalue weighted by Gasteiger charge is -2.07. The topological polar surface area (TPSA) is 74.9 Å². The first kappa shape index (κ1) is 22.6. The number of rotatable bonds is 4. The first-order valence-electron chi connectivity index (χ1n) is 9.73. The van der Waals surface area contributed by atoms with Crippen molar-refractivity contribution in [3.63, 3.8) is 0 Å². The third kappa shape index (κ3) is 4.91. The molecule has 0 unspecified atom stereocenters. The molecule has 0 atom stereocenters. The monoisotopic (exact) mass is 491 g/mol. The first-order valence-corrected chi connectivity index (χ1v) is 11.3. The minimum Gasteiger partial charge on any atom is -0.321 e. The molecule has 1 aromatic heterocycles. The predicted octanol–water partition coefficient (Wildman–Crippen LogP) is 4.33. The summed E-state index contributed by atoms with van der Waals surface area (Å²) < 4.78 is 2.42. The molecule has 4 rings (SSSR count). The van der Waals surface area contributed by atoms with Crippen LogP contribution in [0.4, 0.5) is 5.69 Å². The quantitative estimate of drug-likeness (QED) is 0.461. The average Bonchev–Trinajstić information content (AvgIpc) is 3.11. The minimum atomic E-state index is -0.500. The summed E-state index contributed by atoms with van der Waals surface area (Å²) >= 11 is 13.4. The molecule has 0 fully saturated rings. The van der Waals surface area contributed by atoms with Gasteiger partial charge in [0.1, 0.15) is 10.7 Å². The number of para-hydroxylation sites is 1. The number of nitrogens with zero attached hydrogens (tertiary/aromatic N) is 2. The Bertz CT molecular complexity index is 1550. The SMILES string of the molecule is N#Cc1c(Cl)ccc(NC(=O)/C=c2\s/c(=C\c3ccccc3)c(=O)n2-c2ccccc2)c1Cl. The van der Waals surface area contributed by atoms with Gasteiger partial charge >= 0.3 is 0 Å². The number of nitriles is 1. The third-order valence-electron chi connectivity index (χ3n) is 4.68. The highest BCUT2D eigenvalue weighted by Gasteiger charge is 2.13. The number of hydrogen-bond acceptors (Lipinski definition) is 4. The second-order valence-electron chi connectivity index (χ2n) is 6.87. The maximum absolute atomic E-state index is 13.2. The molecule has 1 N–H and O–H groups in total. The standard InChI is InChI=1S/C25H15Cl2N3O2S/c26-19-11-12-20(24(27)18(19)15-28)29-22(31)14-23-30(17-9-5-2-6-10-17)25(32)21(33-23)13-16-7-3-1-4-8-16/h1-14H,(H,29,31)/b21-13-,23-14-. The molecule has 0 aliphatic heterocycles. The Hall–Kier alpha value is -3.63. The molecular weight excluding hydrogens is 477 g/mol. The van der Waals surface area contributed by atoms with Crippen LogP contribution in [0.2, 0.25) is 10.0 Å². The van der Waals surface area contributed by atoms with E-state index in [4.69, 9.17) is 23.2 Å². The Balaban J connectivity index is 1.82. The van der Waals surface area contributed by atoms with Crippen LogP contribution < -0.4 is 20.1 Å². The van der Waals surface area contributed by atoms with Crippen molar-refractivity contribution in [3.05, 3.63) is 114 Å². The Kier molecular flexibility index (Phi) is 6.76. The van der Waals surface area contributed by atoms with Gasteiger partial charge in [-0.2, -0.15) is 5.26 Å². The molecule has 33 heavy (non-hydrogen) atoms. The molecule has 0 aliphatic rings. The lowest BCUT2D eigenvalue weighted by molar-refractivity contribution is -0.110. The lowest BCUT2D eigenvalue weighted by atomic mass is 10.2. The Morgan fingerprint density at radius 2 is 1.67 bits per heavy atom.